The summed E-state index contributed by atoms with van der Waals surface area (Å²) in [5.41, 5.74) is 0.543. The minimum absolute atomic E-state index is 0.0591. The smallest absolute Gasteiger partial charge is 0.422 e. The van der Waals surface area contributed by atoms with Crippen molar-refractivity contribution in [2.45, 2.75) is 12.6 Å². The van der Waals surface area contributed by atoms with Gasteiger partial charge in [0.1, 0.15) is 5.75 Å². The van der Waals surface area contributed by atoms with Gasteiger partial charge in [-0.1, -0.05) is 0 Å². The van der Waals surface area contributed by atoms with Gasteiger partial charge in [-0.05, 0) is 37.2 Å². The molecule has 1 fully saturated rings. The number of carbonyl (C=O) groups is 1. The second-order valence-corrected chi connectivity index (χ2v) is 4.61. The van der Waals surface area contributed by atoms with Crippen molar-refractivity contribution in [2.75, 3.05) is 25.0 Å². The molecule has 0 radical (unpaired) electrons. The molecule has 4 nitrogen and oxygen atoms in total. The number of halogens is 3. The van der Waals surface area contributed by atoms with E-state index in [9.17, 15) is 18.0 Å². The Morgan fingerprint density at radius 1 is 1.35 bits per heavy atom. The van der Waals surface area contributed by atoms with Crippen LogP contribution < -0.4 is 15.4 Å². The Morgan fingerprint density at radius 3 is 2.60 bits per heavy atom. The average Bonchev–Trinajstić information content (AvgIpc) is 2.91. The molecule has 7 heteroatoms. The highest BCUT2D eigenvalue weighted by molar-refractivity contribution is 5.92. The summed E-state index contributed by atoms with van der Waals surface area (Å²) in [6.45, 7) is 0.146. The lowest BCUT2D eigenvalue weighted by atomic mass is 10.1. The second kappa shape index (κ2) is 6.13. The minimum Gasteiger partial charge on any atom is -0.484 e. The Kier molecular flexibility index (Phi) is 4.49. The van der Waals surface area contributed by atoms with Gasteiger partial charge >= 0.3 is 6.18 Å². The summed E-state index contributed by atoms with van der Waals surface area (Å²) >= 11 is 0. The molecule has 1 amide bonds. The first-order valence-corrected chi connectivity index (χ1v) is 6.25. The number of ether oxygens (including phenoxy) is 1. The van der Waals surface area contributed by atoms with E-state index in [2.05, 4.69) is 15.4 Å². The fourth-order valence-corrected chi connectivity index (χ4v) is 1.92. The van der Waals surface area contributed by atoms with Gasteiger partial charge in [0.15, 0.2) is 6.61 Å². The normalized spacial score (nSPS) is 18.9. The molecule has 1 unspecified atom stereocenters. The first kappa shape index (κ1) is 14.6. The number of amides is 1. The highest BCUT2D eigenvalue weighted by Gasteiger charge is 2.28. The number of rotatable bonds is 4. The van der Waals surface area contributed by atoms with Crippen LogP contribution in [0.3, 0.4) is 0 Å². The Bertz CT molecular complexity index is 454. The molecule has 0 spiro atoms. The van der Waals surface area contributed by atoms with E-state index in [0.29, 0.717) is 12.2 Å². The van der Waals surface area contributed by atoms with Gasteiger partial charge < -0.3 is 15.4 Å². The maximum absolute atomic E-state index is 12.0. The molecule has 2 rings (SSSR count). The van der Waals surface area contributed by atoms with Gasteiger partial charge in [0.05, 0.1) is 5.92 Å². The largest absolute Gasteiger partial charge is 0.484 e. The van der Waals surface area contributed by atoms with Crippen molar-refractivity contribution in [1.29, 1.82) is 0 Å². The zero-order valence-corrected chi connectivity index (χ0v) is 10.7. The van der Waals surface area contributed by atoms with Crippen LogP contribution in [0.1, 0.15) is 6.42 Å². The fraction of sp³-hybridized carbons (Fsp3) is 0.462. The van der Waals surface area contributed by atoms with Crippen LogP contribution in [0.25, 0.3) is 0 Å². The standard InChI is InChI=1S/C13H15F3N2O2/c14-13(15,16)8-20-11-3-1-10(2-4-11)18-12(19)9-5-6-17-7-9/h1-4,9,17H,5-8H2,(H,18,19). The zero-order valence-electron chi connectivity index (χ0n) is 10.7. The molecular weight excluding hydrogens is 273 g/mol. The molecule has 20 heavy (non-hydrogen) atoms. The molecule has 1 aromatic carbocycles. The summed E-state index contributed by atoms with van der Waals surface area (Å²) in [5.74, 6) is -0.0297. The second-order valence-electron chi connectivity index (χ2n) is 4.61. The van der Waals surface area contributed by atoms with Gasteiger partial charge in [-0.3, -0.25) is 4.79 Å². The first-order chi connectivity index (χ1) is 9.44. The van der Waals surface area contributed by atoms with Gasteiger partial charge in [0, 0.05) is 12.2 Å². The van der Waals surface area contributed by atoms with Gasteiger partial charge in [-0.15, -0.1) is 0 Å². The van der Waals surface area contributed by atoms with Crippen molar-refractivity contribution in [3.63, 3.8) is 0 Å². The highest BCUT2D eigenvalue weighted by Crippen LogP contribution is 2.21. The van der Waals surface area contributed by atoms with Crippen molar-refractivity contribution < 1.29 is 22.7 Å². The molecule has 1 aromatic rings. The lowest BCUT2D eigenvalue weighted by molar-refractivity contribution is -0.153. The molecule has 0 bridgehead atoms. The Hall–Kier alpha value is -1.76. The van der Waals surface area contributed by atoms with Crippen LogP contribution in [0, 0.1) is 5.92 Å². The number of hydrogen-bond acceptors (Lipinski definition) is 3. The minimum atomic E-state index is -4.36. The Morgan fingerprint density at radius 2 is 2.05 bits per heavy atom. The average molecular weight is 288 g/mol. The molecule has 1 aliphatic rings. The van der Waals surface area contributed by atoms with Crippen LogP contribution in [0.15, 0.2) is 24.3 Å². The monoisotopic (exact) mass is 288 g/mol. The number of nitrogens with one attached hydrogen (secondary N) is 2. The van der Waals surface area contributed by atoms with Gasteiger partial charge in [-0.2, -0.15) is 13.2 Å². The molecule has 0 aromatic heterocycles. The van der Waals surface area contributed by atoms with E-state index in [-0.39, 0.29) is 17.6 Å². The van der Waals surface area contributed by atoms with E-state index in [4.69, 9.17) is 0 Å². The molecule has 1 heterocycles. The van der Waals surface area contributed by atoms with Gasteiger partial charge in [-0.25, -0.2) is 0 Å². The van der Waals surface area contributed by atoms with Crippen LogP contribution in [0.4, 0.5) is 18.9 Å². The number of benzene rings is 1. The van der Waals surface area contributed by atoms with Crippen LogP contribution >= 0.6 is 0 Å². The number of hydrogen-bond donors (Lipinski definition) is 2. The Balaban J connectivity index is 1.86. The SMILES string of the molecule is O=C(Nc1ccc(OCC(F)(F)F)cc1)C1CCNC1. The zero-order chi connectivity index (χ0) is 14.6. The van der Waals surface area contributed by atoms with E-state index in [1.54, 1.807) is 0 Å². The summed E-state index contributed by atoms with van der Waals surface area (Å²) in [7, 11) is 0. The number of carbonyl (C=O) groups excluding carboxylic acids is 1. The Labute approximate surface area is 114 Å². The summed E-state index contributed by atoms with van der Waals surface area (Å²) in [6, 6.07) is 5.83. The highest BCUT2D eigenvalue weighted by atomic mass is 19.4. The first-order valence-electron chi connectivity index (χ1n) is 6.25. The lowest BCUT2D eigenvalue weighted by Gasteiger charge is -2.11. The van der Waals surface area contributed by atoms with Crippen molar-refractivity contribution in [3.8, 4) is 5.75 Å². The van der Waals surface area contributed by atoms with Crippen LogP contribution in [-0.4, -0.2) is 31.8 Å². The predicted molar refractivity (Wildman–Crippen MR) is 67.6 cm³/mol. The van der Waals surface area contributed by atoms with Crippen molar-refractivity contribution >= 4 is 11.6 Å². The topological polar surface area (TPSA) is 50.4 Å². The van der Waals surface area contributed by atoms with E-state index in [0.717, 1.165) is 13.0 Å². The summed E-state index contributed by atoms with van der Waals surface area (Å²) in [4.78, 5) is 11.8. The lowest BCUT2D eigenvalue weighted by Crippen LogP contribution is -2.24. The quantitative estimate of drug-likeness (QED) is 0.893. The van der Waals surface area contributed by atoms with Crippen LogP contribution in [0.2, 0.25) is 0 Å². The van der Waals surface area contributed by atoms with Gasteiger partial charge in [0.25, 0.3) is 0 Å². The third-order valence-electron chi connectivity index (χ3n) is 2.96. The van der Waals surface area contributed by atoms with Crippen molar-refractivity contribution in [2.24, 2.45) is 5.92 Å². The molecule has 0 aliphatic carbocycles. The van der Waals surface area contributed by atoms with Gasteiger partial charge in [0.2, 0.25) is 5.91 Å². The number of anilines is 1. The maximum atomic E-state index is 12.0. The summed E-state index contributed by atoms with van der Waals surface area (Å²) in [6.07, 6.45) is -3.57. The van der Waals surface area contributed by atoms with Crippen LogP contribution in [-0.2, 0) is 4.79 Å². The third-order valence-corrected chi connectivity index (χ3v) is 2.96. The molecular formula is C13H15F3N2O2. The summed E-state index contributed by atoms with van der Waals surface area (Å²) in [5, 5.41) is 5.82. The molecule has 1 atom stereocenters. The molecule has 110 valence electrons. The predicted octanol–water partition coefficient (Wildman–Crippen LogP) is 2.18. The van der Waals surface area contributed by atoms with Crippen LogP contribution in [0.5, 0.6) is 5.75 Å². The third kappa shape index (κ3) is 4.41. The molecule has 1 saturated heterocycles. The van der Waals surface area contributed by atoms with E-state index >= 15 is 0 Å². The van der Waals surface area contributed by atoms with Crippen molar-refractivity contribution in [3.05, 3.63) is 24.3 Å². The fourth-order valence-electron chi connectivity index (χ4n) is 1.92. The molecule has 2 N–H and O–H groups in total. The van der Waals surface area contributed by atoms with E-state index < -0.39 is 12.8 Å². The van der Waals surface area contributed by atoms with E-state index in [1.165, 1.54) is 24.3 Å². The number of alkyl halides is 3. The van der Waals surface area contributed by atoms with E-state index in [1.807, 2.05) is 0 Å². The maximum Gasteiger partial charge on any atom is 0.422 e. The summed E-state index contributed by atoms with van der Waals surface area (Å²) < 4.78 is 40.5. The molecule has 1 aliphatic heterocycles. The molecule has 0 saturated carbocycles. The van der Waals surface area contributed by atoms with Crippen molar-refractivity contribution in [1.82, 2.24) is 5.32 Å².